The monoisotopic (exact) mass is 695 g/mol. The minimum atomic E-state index is -1.36. The molecular weight excluding hydrogens is 646 g/mol. The van der Waals surface area contributed by atoms with Crippen molar-refractivity contribution in [2.75, 3.05) is 41.4 Å². The van der Waals surface area contributed by atoms with Gasteiger partial charge in [-0.3, -0.25) is 19.9 Å². The Morgan fingerprint density at radius 2 is 1.86 bits per heavy atom. The molecule has 272 valence electrons. The predicted molar refractivity (Wildman–Crippen MR) is 181 cm³/mol. The lowest BCUT2D eigenvalue weighted by Gasteiger charge is -2.60. The van der Waals surface area contributed by atoms with E-state index in [0.29, 0.717) is 52.5 Å². The van der Waals surface area contributed by atoms with E-state index in [4.69, 9.17) is 28.4 Å². The summed E-state index contributed by atoms with van der Waals surface area (Å²) in [6, 6.07) is 1.92. The van der Waals surface area contributed by atoms with Crippen LogP contribution < -0.4 is 29.6 Å². The van der Waals surface area contributed by atoms with Gasteiger partial charge in [-0.05, 0) is 72.6 Å². The molecule has 0 aliphatic carbocycles. The molecule has 6 unspecified atom stereocenters. The van der Waals surface area contributed by atoms with Crippen LogP contribution in [0.15, 0.2) is 6.07 Å². The zero-order valence-corrected chi connectivity index (χ0v) is 30.2. The molecule has 14 nitrogen and oxygen atoms in total. The first-order chi connectivity index (χ1) is 23.7. The third-order valence-corrected chi connectivity index (χ3v) is 10.3. The number of aromatic hydroxyl groups is 1. The molecule has 14 heteroatoms. The highest BCUT2D eigenvalue weighted by molar-refractivity contribution is 5.81. The molecule has 2 aromatic rings. The number of ether oxygens (including phenoxy) is 6. The maximum absolute atomic E-state index is 13.5. The second-order valence-electron chi connectivity index (χ2n) is 14.5. The van der Waals surface area contributed by atoms with Crippen molar-refractivity contribution in [2.45, 2.75) is 103 Å². The second kappa shape index (κ2) is 13.7. The summed E-state index contributed by atoms with van der Waals surface area (Å²) in [5.74, 6) is 1.90. The molecule has 7 atom stereocenters. The van der Waals surface area contributed by atoms with Crippen LogP contribution in [-0.2, 0) is 27.1 Å². The van der Waals surface area contributed by atoms with Gasteiger partial charge in [-0.1, -0.05) is 6.07 Å². The number of fused-ring (bicyclic) bond motifs is 9. The van der Waals surface area contributed by atoms with Crippen LogP contribution in [0.5, 0.6) is 28.7 Å². The number of phenols is 1. The number of hydrogen-bond acceptors (Lipinski definition) is 13. The molecule has 1 saturated heterocycles. The predicted octanol–water partition coefficient (Wildman–Crippen LogP) is 2.69. The molecule has 1 amide bonds. The standard InChI is InChI=1S/C36H49N5O9/c1-17-10-20-11-22-24(13-37)41-23(28(40(22)7)26(20)32(30(17)46-9)47-15-45-8)12-21-27(33-31(48-16-49-33)18(2)29(21)42)25(41)14-38-34(43)19(3)39-35(44)50-36(4,5)6/h10,19,22-25,28,35,39,42,44H,11-12,14-16H2,1-9H3,(H,38,43)/t19?,22?,23?,24-,25?,28?,35?/m0/s1. The quantitative estimate of drug-likeness (QED) is 0.268. The van der Waals surface area contributed by atoms with Crippen molar-refractivity contribution >= 4 is 5.91 Å². The lowest BCUT2D eigenvalue weighted by Crippen LogP contribution is -2.69. The van der Waals surface area contributed by atoms with Crippen LogP contribution in [0.3, 0.4) is 0 Å². The molecule has 4 aliphatic heterocycles. The first-order valence-electron chi connectivity index (χ1n) is 17.0. The van der Waals surface area contributed by atoms with Gasteiger partial charge >= 0.3 is 0 Å². The summed E-state index contributed by atoms with van der Waals surface area (Å²) >= 11 is 0. The number of carbonyl (C=O) groups is 1. The van der Waals surface area contributed by atoms with Crippen LogP contribution in [0, 0.1) is 25.2 Å². The van der Waals surface area contributed by atoms with Crippen LogP contribution in [0.1, 0.15) is 73.2 Å². The van der Waals surface area contributed by atoms with Gasteiger partial charge in [0.15, 0.2) is 29.8 Å². The number of aryl methyl sites for hydroxylation is 1. The number of methoxy groups -OCH3 is 2. The number of phenolic OH excluding ortho intramolecular Hbond substituents is 1. The number of aliphatic hydroxyl groups is 1. The molecule has 4 aliphatic rings. The number of nitriles is 1. The maximum Gasteiger partial charge on any atom is 0.237 e. The highest BCUT2D eigenvalue weighted by Gasteiger charge is 2.57. The molecule has 50 heavy (non-hydrogen) atoms. The van der Waals surface area contributed by atoms with Crippen LogP contribution in [0.25, 0.3) is 0 Å². The number of rotatable bonds is 10. The third kappa shape index (κ3) is 6.10. The summed E-state index contributed by atoms with van der Waals surface area (Å²) in [5, 5.41) is 38.9. The SMILES string of the molecule is COCOc1c(OC)c(C)cc2c1C1C3Cc4c(O)c(C)c5c(c4C(CNC(=O)C(C)NC(O)OC(C)(C)C)N3[C@@H](C#N)C(C2)N1C)OCO5. The van der Waals surface area contributed by atoms with E-state index in [0.717, 1.165) is 16.7 Å². The Hall–Kier alpha value is -3.84. The van der Waals surface area contributed by atoms with E-state index in [2.05, 4.69) is 32.6 Å². The fraction of sp³-hybridized carbons (Fsp3) is 0.611. The van der Waals surface area contributed by atoms with Gasteiger partial charge in [0.2, 0.25) is 19.1 Å². The normalized spacial score (nSPS) is 25.1. The number of nitrogens with zero attached hydrogens (tertiary/aromatic N) is 3. The molecule has 1 fully saturated rings. The minimum absolute atomic E-state index is 0.0103. The number of piperazine rings is 1. The molecule has 6 rings (SSSR count). The Kier molecular flexibility index (Phi) is 9.86. The summed E-state index contributed by atoms with van der Waals surface area (Å²) in [6.45, 7) is 10.9. The van der Waals surface area contributed by atoms with Crippen molar-refractivity contribution < 1.29 is 43.4 Å². The van der Waals surface area contributed by atoms with E-state index in [1.54, 1.807) is 48.8 Å². The van der Waals surface area contributed by atoms with E-state index >= 15 is 0 Å². The van der Waals surface area contributed by atoms with Gasteiger partial charge in [0.1, 0.15) is 11.8 Å². The van der Waals surface area contributed by atoms with Gasteiger partial charge < -0.3 is 44.0 Å². The van der Waals surface area contributed by atoms with Crippen molar-refractivity contribution in [1.29, 1.82) is 5.26 Å². The number of benzene rings is 2. The summed E-state index contributed by atoms with van der Waals surface area (Å²) in [5.41, 5.74) is 4.25. The molecule has 0 saturated carbocycles. The molecule has 2 bridgehead atoms. The van der Waals surface area contributed by atoms with Crippen LogP contribution in [-0.4, -0.2) is 104 Å². The minimum Gasteiger partial charge on any atom is -0.507 e. The number of likely N-dealkylation sites (N-methyl/N-ethyl adjacent to an activating group) is 1. The molecule has 0 spiro atoms. The average molecular weight is 696 g/mol. The fourth-order valence-electron chi connectivity index (χ4n) is 8.29. The second-order valence-corrected chi connectivity index (χ2v) is 14.5. The number of aliphatic hydroxyl groups excluding tert-OH is 1. The summed E-state index contributed by atoms with van der Waals surface area (Å²) in [6.07, 6.45) is -0.399. The van der Waals surface area contributed by atoms with Crippen molar-refractivity contribution in [3.63, 3.8) is 0 Å². The van der Waals surface area contributed by atoms with Gasteiger partial charge in [-0.15, -0.1) is 0 Å². The molecule has 4 heterocycles. The topological polar surface area (TPSA) is 167 Å². The van der Waals surface area contributed by atoms with Gasteiger partial charge in [0.05, 0.1) is 36.9 Å². The first kappa shape index (κ1) is 36.0. The Balaban J connectivity index is 1.46. The van der Waals surface area contributed by atoms with Crippen LogP contribution in [0.2, 0.25) is 0 Å². The Bertz CT molecular complexity index is 1690. The fourth-order valence-corrected chi connectivity index (χ4v) is 8.29. The summed E-state index contributed by atoms with van der Waals surface area (Å²) in [7, 11) is 5.21. The van der Waals surface area contributed by atoms with Crippen molar-refractivity contribution in [1.82, 2.24) is 20.4 Å². The first-order valence-corrected chi connectivity index (χ1v) is 17.0. The number of hydrogen-bond donors (Lipinski definition) is 4. The zero-order chi connectivity index (χ0) is 36.2. The average Bonchev–Trinajstić information content (AvgIpc) is 3.54. The van der Waals surface area contributed by atoms with E-state index < -0.39 is 30.1 Å². The molecular formula is C36H49N5O9. The highest BCUT2D eigenvalue weighted by atomic mass is 16.7. The number of nitrogens with one attached hydrogen (secondary N) is 2. The highest BCUT2D eigenvalue weighted by Crippen LogP contribution is 2.58. The van der Waals surface area contributed by atoms with Gasteiger partial charge in [0.25, 0.3) is 0 Å². The molecule has 2 aromatic carbocycles. The Morgan fingerprint density at radius 3 is 2.52 bits per heavy atom. The van der Waals surface area contributed by atoms with Crippen molar-refractivity contribution in [3.8, 4) is 34.8 Å². The van der Waals surface area contributed by atoms with E-state index in [-0.39, 0.29) is 49.9 Å². The van der Waals surface area contributed by atoms with Crippen molar-refractivity contribution in [2.24, 2.45) is 0 Å². The smallest absolute Gasteiger partial charge is 0.237 e. The Morgan fingerprint density at radius 1 is 1.14 bits per heavy atom. The number of amides is 1. The largest absolute Gasteiger partial charge is 0.507 e. The van der Waals surface area contributed by atoms with E-state index in [1.165, 1.54) is 0 Å². The van der Waals surface area contributed by atoms with E-state index in [1.807, 2.05) is 14.0 Å². The van der Waals surface area contributed by atoms with Gasteiger partial charge in [0, 0.05) is 48.0 Å². The lowest BCUT2D eigenvalue weighted by molar-refractivity contribution is -0.186. The third-order valence-electron chi connectivity index (χ3n) is 10.3. The lowest BCUT2D eigenvalue weighted by atomic mass is 9.71. The van der Waals surface area contributed by atoms with Crippen LogP contribution in [0.4, 0.5) is 0 Å². The molecule has 0 radical (unpaired) electrons. The summed E-state index contributed by atoms with van der Waals surface area (Å²) < 4.78 is 34.9. The molecule has 0 aromatic heterocycles. The Labute approximate surface area is 293 Å². The van der Waals surface area contributed by atoms with Crippen LogP contribution >= 0.6 is 0 Å². The van der Waals surface area contributed by atoms with Gasteiger partial charge in [-0.25, -0.2) is 0 Å². The maximum atomic E-state index is 13.5. The van der Waals surface area contributed by atoms with Crippen molar-refractivity contribution in [3.05, 3.63) is 39.4 Å². The number of carbonyl (C=O) groups excluding carboxylic acids is 1. The summed E-state index contributed by atoms with van der Waals surface area (Å²) in [4.78, 5) is 18.0. The molecule has 4 N–H and O–H groups in total. The zero-order valence-electron chi connectivity index (χ0n) is 30.2. The van der Waals surface area contributed by atoms with E-state index in [9.17, 15) is 20.3 Å². The van der Waals surface area contributed by atoms with Gasteiger partial charge in [-0.2, -0.15) is 5.26 Å².